The molecule has 1 aromatic heterocycles. The lowest BCUT2D eigenvalue weighted by atomic mass is 9.90. The summed E-state index contributed by atoms with van der Waals surface area (Å²) in [5, 5.41) is 2.60. The van der Waals surface area contributed by atoms with Crippen molar-refractivity contribution < 1.29 is 0 Å². The molecule has 10 rings (SSSR count). The Morgan fingerprint density at radius 3 is 1.78 bits per heavy atom. The highest BCUT2D eigenvalue weighted by Gasteiger charge is 2.14. The van der Waals surface area contributed by atoms with Gasteiger partial charge in [-0.15, -0.1) is 0 Å². The highest BCUT2D eigenvalue weighted by molar-refractivity contribution is 9.10. The van der Waals surface area contributed by atoms with Gasteiger partial charge in [0.2, 0.25) is 0 Å². The lowest BCUT2D eigenvalue weighted by molar-refractivity contribution is 0.918. The van der Waals surface area contributed by atoms with Gasteiger partial charge in [-0.05, 0) is 89.4 Å². The molecule has 0 unspecified atom stereocenters. The van der Waals surface area contributed by atoms with E-state index in [-0.39, 0.29) is 0 Å². The average Bonchev–Trinajstić information content (AvgIpc) is 3.25. The molecule has 0 atom stereocenters. The summed E-state index contributed by atoms with van der Waals surface area (Å²) in [6.07, 6.45) is 4.18. The number of hydrogen-bond donors (Lipinski definition) is 0. The molecule has 0 N–H and O–H groups in total. The lowest BCUT2D eigenvalue weighted by Crippen LogP contribution is -2.01. The molecular formula is C34H26BrN. The maximum atomic E-state index is 3.79. The summed E-state index contributed by atoms with van der Waals surface area (Å²) in [5.41, 5.74) is 12.0. The third-order valence-corrected chi connectivity index (χ3v) is 8.41. The van der Waals surface area contributed by atoms with Gasteiger partial charge in [-0.2, -0.15) is 0 Å². The van der Waals surface area contributed by atoms with Crippen molar-refractivity contribution in [1.82, 2.24) is 4.57 Å². The predicted molar refractivity (Wildman–Crippen MR) is 155 cm³/mol. The fourth-order valence-corrected chi connectivity index (χ4v) is 6.39. The topological polar surface area (TPSA) is 4.93 Å². The SMILES string of the molecule is Brc1cc2ccc1CCc1ccc(c(-c3ccc(-n4c5ccccc5c5ccccc54)cc3)c1)CC2. The van der Waals surface area contributed by atoms with Crippen molar-refractivity contribution in [3.8, 4) is 16.8 Å². The Kier molecular flexibility index (Phi) is 5.29. The van der Waals surface area contributed by atoms with Crippen LogP contribution in [0, 0.1) is 0 Å². The van der Waals surface area contributed by atoms with E-state index in [1.807, 2.05) is 0 Å². The maximum absolute atomic E-state index is 3.79. The Balaban J connectivity index is 1.31. The quantitative estimate of drug-likeness (QED) is 0.211. The van der Waals surface area contributed by atoms with Gasteiger partial charge in [0.25, 0.3) is 0 Å². The van der Waals surface area contributed by atoms with Gasteiger partial charge in [0.1, 0.15) is 0 Å². The summed E-state index contributed by atoms with van der Waals surface area (Å²) < 4.78 is 3.63. The molecule has 4 aliphatic rings. The summed E-state index contributed by atoms with van der Waals surface area (Å²) in [7, 11) is 0. The van der Waals surface area contributed by atoms with Crippen molar-refractivity contribution in [3.63, 3.8) is 0 Å². The molecule has 2 heteroatoms. The molecule has 4 bridgehead atoms. The van der Waals surface area contributed by atoms with Crippen molar-refractivity contribution in [1.29, 1.82) is 0 Å². The fourth-order valence-electron chi connectivity index (χ4n) is 5.76. The smallest absolute Gasteiger partial charge is 0.0541 e. The number of hydrogen-bond acceptors (Lipinski definition) is 0. The van der Waals surface area contributed by atoms with E-state index in [0.717, 1.165) is 25.7 Å². The highest BCUT2D eigenvalue weighted by atomic mass is 79.9. The molecule has 0 saturated heterocycles. The third-order valence-electron chi connectivity index (χ3n) is 7.67. The molecule has 0 spiro atoms. The Morgan fingerprint density at radius 1 is 0.528 bits per heavy atom. The van der Waals surface area contributed by atoms with E-state index in [2.05, 4.69) is 130 Å². The van der Waals surface area contributed by atoms with E-state index in [9.17, 15) is 0 Å². The zero-order chi connectivity index (χ0) is 24.1. The first-order valence-corrected chi connectivity index (χ1v) is 13.5. The fraction of sp³-hybridized carbons (Fsp3) is 0.118. The molecule has 5 aromatic carbocycles. The Hall–Kier alpha value is -3.62. The minimum atomic E-state index is 1.04. The molecule has 0 aliphatic heterocycles. The van der Waals surface area contributed by atoms with Crippen LogP contribution in [0.25, 0.3) is 38.6 Å². The van der Waals surface area contributed by atoms with Crippen molar-refractivity contribution >= 4 is 37.7 Å². The standard InChI is InChI=1S/C34H26BrN/c35-32-22-24-10-14-25-13-9-23(11-15-27(32)16-12-24)21-31(25)26-17-19-28(20-18-26)36-33-7-3-1-5-29(33)30-6-2-4-8-34(30)36/h1-9,12-13,16-22H,10-11,14-15H2. The van der Waals surface area contributed by atoms with Crippen LogP contribution < -0.4 is 0 Å². The van der Waals surface area contributed by atoms with Gasteiger partial charge < -0.3 is 4.57 Å². The van der Waals surface area contributed by atoms with Crippen LogP contribution in [-0.4, -0.2) is 4.57 Å². The van der Waals surface area contributed by atoms with Crippen molar-refractivity contribution in [2.75, 3.05) is 0 Å². The molecule has 0 fully saturated rings. The molecule has 36 heavy (non-hydrogen) atoms. The second-order valence-corrected chi connectivity index (χ2v) is 10.7. The molecular weight excluding hydrogens is 502 g/mol. The molecule has 1 nitrogen and oxygen atoms in total. The molecule has 0 radical (unpaired) electrons. The number of nitrogens with zero attached hydrogens (tertiary/aromatic N) is 1. The number of para-hydroxylation sites is 2. The van der Waals surface area contributed by atoms with Gasteiger partial charge in [0, 0.05) is 20.9 Å². The van der Waals surface area contributed by atoms with Gasteiger partial charge in [-0.3, -0.25) is 0 Å². The van der Waals surface area contributed by atoms with Crippen molar-refractivity contribution in [2.45, 2.75) is 25.7 Å². The predicted octanol–water partition coefficient (Wildman–Crippen LogP) is 9.10. The average molecular weight is 528 g/mol. The van der Waals surface area contributed by atoms with Crippen molar-refractivity contribution in [3.05, 3.63) is 136 Å². The van der Waals surface area contributed by atoms with Crippen LogP contribution in [0.2, 0.25) is 0 Å². The highest BCUT2D eigenvalue weighted by Crippen LogP contribution is 2.34. The van der Waals surface area contributed by atoms with Crippen molar-refractivity contribution in [2.24, 2.45) is 0 Å². The first kappa shape index (κ1) is 21.6. The van der Waals surface area contributed by atoms with Crippen LogP contribution in [0.1, 0.15) is 22.3 Å². The van der Waals surface area contributed by atoms with E-state index in [1.54, 1.807) is 0 Å². The zero-order valence-electron chi connectivity index (χ0n) is 20.0. The van der Waals surface area contributed by atoms with E-state index in [0.29, 0.717) is 0 Å². The summed E-state index contributed by atoms with van der Waals surface area (Å²) in [6, 6.07) is 40.6. The monoisotopic (exact) mass is 527 g/mol. The minimum Gasteiger partial charge on any atom is -0.309 e. The zero-order valence-corrected chi connectivity index (χ0v) is 21.6. The summed E-state index contributed by atoms with van der Waals surface area (Å²) in [4.78, 5) is 0. The van der Waals surface area contributed by atoms with Gasteiger partial charge in [-0.1, -0.05) is 94.8 Å². The van der Waals surface area contributed by atoms with Crippen LogP contribution in [0.5, 0.6) is 0 Å². The number of rotatable bonds is 2. The van der Waals surface area contributed by atoms with Crippen LogP contribution in [0.3, 0.4) is 0 Å². The van der Waals surface area contributed by atoms with E-state index >= 15 is 0 Å². The Morgan fingerprint density at radius 2 is 1.11 bits per heavy atom. The van der Waals surface area contributed by atoms with Crippen LogP contribution >= 0.6 is 15.9 Å². The van der Waals surface area contributed by atoms with Gasteiger partial charge in [-0.25, -0.2) is 0 Å². The summed E-state index contributed by atoms with van der Waals surface area (Å²) >= 11 is 3.79. The maximum Gasteiger partial charge on any atom is 0.0541 e. The van der Waals surface area contributed by atoms with Crippen LogP contribution in [-0.2, 0) is 25.7 Å². The number of aromatic nitrogens is 1. The third kappa shape index (κ3) is 3.68. The Bertz CT molecular complexity index is 1690. The number of fused-ring (bicyclic) bond motifs is 3. The largest absolute Gasteiger partial charge is 0.309 e. The summed E-state index contributed by atoms with van der Waals surface area (Å²) in [6.45, 7) is 0. The molecule has 6 aromatic rings. The molecule has 0 saturated carbocycles. The Labute approximate surface area is 220 Å². The number of aryl methyl sites for hydroxylation is 4. The second-order valence-electron chi connectivity index (χ2n) is 9.83. The van der Waals surface area contributed by atoms with Gasteiger partial charge in [0.05, 0.1) is 11.0 Å². The molecule has 0 amide bonds. The van der Waals surface area contributed by atoms with Crippen LogP contribution in [0.15, 0.2) is 114 Å². The normalized spacial score (nSPS) is 13.2. The molecule has 4 aliphatic carbocycles. The van der Waals surface area contributed by atoms with E-state index in [1.165, 1.54) is 65.3 Å². The first-order valence-electron chi connectivity index (χ1n) is 12.7. The number of benzene rings is 5. The van der Waals surface area contributed by atoms with E-state index < -0.39 is 0 Å². The molecule has 174 valence electrons. The lowest BCUT2D eigenvalue weighted by Gasteiger charge is -2.16. The van der Waals surface area contributed by atoms with Gasteiger partial charge >= 0.3 is 0 Å². The van der Waals surface area contributed by atoms with Gasteiger partial charge in [0.15, 0.2) is 0 Å². The first-order chi connectivity index (χ1) is 17.7. The van der Waals surface area contributed by atoms with E-state index in [4.69, 9.17) is 0 Å². The minimum absolute atomic E-state index is 1.04. The number of halogens is 1. The molecule has 1 heterocycles. The second kappa shape index (κ2) is 8.80. The summed E-state index contributed by atoms with van der Waals surface area (Å²) in [5.74, 6) is 0. The van der Waals surface area contributed by atoms with Crippen LogP contribution in [0.4, 0.5) is 0 Å².